The van der Waals surface area contributed by atoms with E-state index >= 15 is 0 Å². The first-order valence-electron chi connectivity index (χ1n) is 11.0. The SMILES string of the molecule is C=CCCC(=O)N1CCOc2c(cc(-c3nc4ccccc4s3)cc2OC2CCOC2)C1. The fourth-order valence-corrected chi connectivity index (χ4v) is 5.03. The number of benzene rings is 2. The average Bonchev–Trinajstić information content (AvgIpc) is 3.42. The number of ether oxygens (including phenoxy) is 3. The molecule has 5 rings (SSSR count). The maximum Gasteiger partial charge on any atom is 0.223 e. The highest BCUT2D eigenvalue weighted by molar-refractivity contribution is 7.21. The lowest BCUT2D eigenvalue weighted by atomic mass is 10.1. The van der Waals surface area contributed by atoms with Crippen LogP contribution in [-0.2, 0) is 16.1 Å². The minimum absolute atomic E-state index is 0.00176. The van der Waals surface area contributed by atoms with Gasteiger partial charge in [-0.15, -0.1) is 17.9 Å². The quantitative estimate of drug-likeness (QED) is 0.504. The van der Waals surface area contributed by atoms with Gasteiger partial charge in [0.1, 0.15) is 17.7 Å². The highest BCUT2D eigenvalue weighted by Crippen LogP contribution is 2.41. The van der Waals surface area contributed by atoms with Gasteiger partial charge < -0.3 is 19.1 Å². The summed E-state index contributed by atoms with van der Waals surface area (Å²) in [5.41, 5.74) is 2.90. The number of hydrogen-bond acceptors (Lipinski definition) is 6. The monoisotopic (exact) mass is 450 g/mol. The smallest absolute Gasteiger partial charge is 0.223 e. The Morgan fingerprint density at radius 3 is 3.03 bits per heavy atom. The van der Waals surface area contributed by atoms with Crippen LogP contribution in [0.15, 0.2) is 49.1 Å². The predicted molar refractivity (Wildman–Crippen MR) is 125 cm³/mol. The van der Waals surface area contributed by atoms with Crippen LogP contribution in [0.2, 0.25) is 0 Å². The summed E-state index contributed by atoms with van der Waals surface area (Å²) in [6, 6.07) is 12.2. The van der Waals surface area contributed by atoms with Crippen LogP contribution in [0.1, 0.15) is 24.8 Å². The van der Waals surface area contributed by atoms with Crippen molar-refractivity contribution in [3.8, 4) is 22.1 Å². The van der Waals surface area contributed by atoms with E-state index in [1.165, 1.54) is 0 Å². The second kappa shape index (κ2) is 9.30. The molecule has 2 aliphatic rings. The highest BCUT2D eigenvalue weighted by Gasteiger charge is 2.26. The maximum atomic E-state index is 12.7. The zero-order valence-corrected chi connectivity index (χ0v) is 18.7. The van der Waals surface area contributed by atoms with Crippen LogP contribution in [0.25, 0.3) is 20.8 Å². The minimum atomic E-state index is 0.00176. The number of fused-ring (bicyclic) bond motifs is 2. The third kappa shape index (κ3) is 4.36. The summed E-state index contributed by atoms with van der Waals surface area (Å²) >= 11 is 1.65. The molecular weight excluding hydrogens is 424 g/mol. The van der Waals surface area contributed by atoms with Crippen LogP contribution in [0, 0.1) is 0 Å². The van der Waals surface area contributed by atoms with Gasteiger partial charge in [-0.25, -0.2) is 4.98 Å². The third-order valence-corrected chi connectivity index (χ3v) is 6.82. The Kier molecular flexibility index (Phi) is 6.10. The molecule has 0 radical (unpaired) electrons. The zero-order chi connectivity index (χ0) is 21.9. The number of carbonyl (C=O) groups excluding carboxylic acids is 1. The number of amides is 1. The lowest BCUT2D eigenvalue weighted by Crippen LogP contribution is -2.32. The number of para-hydroxylation sites is 1. The van der Waals surface area contributed by atoms with E-state index in [4.69, 9.17) is 19.2 Å². The molecule has 1 aromatic heterocycles. The van der Waals surface area contributed by atoms with Crippen LogP contribution in [0.5, 0.6) is 11.5 Å². The third-order valence-electron chi connectivity index (χ3n) is 5.74. The van der Waals surface area contributed by atoms with Crippen LogP contribution in [0.3, 0.4) is 0 Å². The van der Waals surface area contributed by atoms with Crippen molar-refractivity contribution < 1.29 is 19.0 Å². The largest absolute Gasteiger partial charge is 0.487 e. The van der Waals surface area contributed by atoms with E-state index < -0.39 is 0 Å². The number of hydrogen-bond donors (Lipinski definition) is 0. The Morgan fingerprint density at radius 2 is 2.22 bits per heavy atom. The van der Waals surface area contributed by atoms with Crippen molar-refractivity contribution in [1.29, 1.82) is 0 Å². The van der Waals surface area contributed by atoms with Gasteiger partial charge in [0.25, 0.3) is 0 Å². The van der Waals surface area contributed by atoms with Gasteiger partial charge in [0, 0.05) is 30.5 Å². The number of allylic oxidation sites excluding steroid dienone is 1. The second-order valence-electron chi connectivity index (χ2n) is 8.04. The molecule has 1 amide bonds. The topological polar surface area (TPSA) is 60.9 Å². The van der Waals surface area contributed by atoms with E-state index in [1.807, 2.05) is 29.2 Å². The molecule has 0 spiro atoms. The van der Waals surface area contributed by atoms with Gasteiger partial charge in [0.05, 0.1) is 30.0 Å². The second-order valence-corrected chi connectivity index (χ2v) is 9.07. The van der Waals surface area contributed by atoms with Crippen LogP contribution in [0.4, 0.5) is 0 Å². The molecule has 2 aliphatic heterocycles. The summed E-state index contributed by atoms with van der Waals surface area (Å²) in [5.74, 6) is 1.53. The molecule has 2 aromatic carbocycles. The summed E-state index contributed by atoms with van der Waals surface area (Å²) in [6.45, 7) is 6.48. The Labute approximate surface area is 191 Å². The van der Waals surface area contributed by atoms with E-state index in [0.29, 0.717) is 51.5 Å². The molecule has 0 N–H and O–H groups in total. The van der Waals surface area contributed by atoms with Crippen molar-refractivity contribution in [2.75, 3.05) is 26.4 Å². The standard InChI is InChI=1S/C25H26N2O4S/c1-2-3-8-23(28)27-10-12-30-24-18(15-27)13-17(14-21(24)31-19-9-11-29-16-19)25-26-20-6-4-5-7-22(20)32-25/h2,4-7,13-14,19H,1,3,8-12,15-16H2. The van der Waals surface area contributed by atoms with Crippen molar-refractivity contribution in [3.63, 3.8) is 0 Å². The first-order chi connectivity index (χ1) is 15.7. The van der Waals surface area contributed by atoms with Gasteiger partial charge in [0.15, 0.2) is 11.5 Å². The zero-order valence-electron chi connectivity index (χ0n) is 17.9. The minimum Gasteiger partial charge on any atom is -0.487 e. The Hall–Kier alpha value is -2.90. The van der Waals surface area contributed by atoms with Crippen molar-refractivity contribution in [1.82, 2.24) is 9.88 Å². The Morgan fingerprint density at radius 1 is 1.31 bits per heavy atom. The summed E-state index contributed by atoms with van der Waals surface area (Å²) in [4.78, 5) is 19.4. The molecule has 1 unspecified atom stereocenters. The first kappa shape index (κ1) is 21.0. The molecular formula is C25H26N2O4S. The van der Waals surface area contributed by atoms with E-state index in [0.717, 1.165) is 38.5 Å². The number of carbonyl (C=O) groups is 1. The molecule has 3 heterocycles. The molecule has 1 atom stereocenters. The van der Waals surface area contributed by atoms with Gasteiger partial charge >= 0.3 is 0 Å². The van der Waals surface area contributed by atoms with Crippen molar-refractivity contribution >= 4 is 27.5 Å². The molecule has 1 fully saturated rings. The lowest BCUT2D eigenvalue weighted by Gasteiger charge is -2.20. The van der Waals surface area contributed by atoms with E-state index in [1.54, 1.807) is 17.4 Å². The predicted octanol–water partition coefficient (Wildman–Crippen LogP) is 4.82. The summed E-state index contributed by atoms with van der Waals surface area (Å²) in [7, 11) is 0. The Balaban J connectivity index is 1.53. The van der Waals surface area contributed by atoms with Crippen molar-refractivity contribution in [2.45, 2.75) is 31.9 Å². The molecule has 7 heteroatoms. The molecule has 166 valence electrons. The maximum absolute atomic E-state index is 12.7. The number of thiazole rings is 1. The summed E-state index contributed by atoms with van der Waals surface area (Å²) in [6.07, 6.45) is 3.76. The molecule has 1 saturated heterocycles. The highest BCUT2D eigenvalue weighted by atomic mass is 32.1. The van der Waals surface area contributed by atoms with E-state index in [9.17, 15) is 4.79 Å². The average molecular weight is 451 g/mol. The summed E-state index contributed by atoms with van der Waals surface area (Å²) < 4.78 is 19.1. The van der Waals surface area contributed by atoms with Gasteiger partial charge in [0.2, 0.25) is 5.91 Å². The fourth-order valence-electron chi connectivity index (χ4n) is 4.07. The lowest BCUT2D eigenvalue weighted by molar-refractivity contribution is -0.131. The van der Waals surface area contributed by atoms with Crippen LogP contribution < -0.4 is 9.47 Å². The van der Waals surface area contributed by atoms with E-state index in [2.05, 4.69) is 18.7 Å². The van der Waals surface area contributed by atoms with Gasteiger partial charge in [-0.2, -0.15) is 0 Å². The number of rotatable bonds is 6. The fraction of sp³-hybridized carbons (Fsp3) is 0.360. The normalized spacial score (nSPS) is 18.1. The van der Waals surface area contributed by atoms with E-state index in [-0.39, 0.29) is 12.0 Å². The van der Waals surface area contributed by atoms with Crippen molar-refractivity contribution in [2.24, 2.45) is 0 Å². The molecule has 0 aliphatic carbocycles. The number of nitrogens with zero attached hydrogens (tertiary/aromatic N) is 2. The first-order valence-corrected chi connectivity index (χ1v) is 11.8. The van der Waals surface area contributed by atoms with Crippen molar-refractivity contribution in [3.05, 3.63) is 54.6 Å². The Bertz CT molecular complexity index is 1100. The number of aromatic nitrogens is 1. The molecule has 32 heavy (non-hydrogen) atoms. The summed E-state index contributed by atoms with van der Waals surface area (Å²) in [5, 5.41) is 0.926. The van der Waals surface area contributed by atoms with Crippen LogP contribution >= 0.6 is 11.3 Å². The van der Waals surface area contributed by atoms with Crippen LogP contribution in [-0.4, -0.2) is 48.3 Å². The molecule has 0 saturated carbocycles. The molecule has 3 aromatic rings. The molecule has 6 nitrogen and oxygen atoms in total. The molecule has 0 bridgehead atoms. The van der Waals surface area contributed by atoms with Gasteiger partial charge in [-0.1, -0.05) is 18.2 Å². The van der Waals surface area contributed by atoms with Gasteiger partial charge in [-0.05, 0) is 30.7 Å². The van der Waals surface area contributed by atoms with Gasteiger partial charge in [-0.3, -0.25) is 4.79 Å².